The van der Waals surface area contributed by atoms with Gasteiger partial charge in [-0.05, 0) is 54.8 Å². The first kappa shape index (κ1) is 22.3. The van der Waals surface area contributed by atoms with Crippen molar-refractivity contribution in [2.75, 3.05) is 13.1 Å². The minimum absolute atomic E-state index is 0.152. The lowest BCUT2D eigenvalue weighted by Crippen LogP contribution is -2.53. The molecule has 1 amide bonds. The Labute approximate surface area is 188 Å². The molecule has 9 heteroatoms. The van der Waals surface area contributed by atoms with Crippen LogP contribution in [0.1, 0.15) is 38.5 Å². The summed E-state index contributed by atoms with van der Waals surface area (Å²) in [7, 11) is -3.82. The van der Waals surface area contributed by atoms with Crippen molar-refractivity contribution in [3.05, 3.63) is 48.0 Å². The van der Waals surface area contributed by atoms with Gasteiger partial charge in [-0.15, -0.1) is 0 Å². The molecule has 7 nitrogen and oxygen atoms in total. The van der Waals surface area contributed by atoms with Crippen molar-refractivity contribution < 1.29 is 13.2 Å². The van der Waals surface area contributed by atoms with Crippen LogP contribution in [0.5, 0.6) is 0 Å². The van der Waals surface area contributed by atoms with Gasteiger partial charge in [0, 0.05) is 32.0 Å². The SMILES string of the molecule is O=C(C(CCn1ccnc1Cl)NS(=O)(=O)c1ccccc1)N1CC[C@@H]2CCCC[C@@H]2C1. The van der Waals surface area contributed by atoms with Crippen LogP contribution >= 0.6 is 11.6 Å². The van der Waals surface area contributed by atoms with E-state index in [9.17, 15) is 13.2 Å². The van der Waals surface area contributed by atoms with Gasteiger partial charge < -0.3 is 9.47 Å². The summed E-state index contributed by atoms with van der Waals surface area (Å²) in [5, 5.41) is 0.320. The molecular formula is C22H29ClN4O3S. The number of nitrogens with one attached hydrogen (secondary N) is 1. The van der Waals surface area contributed by atoms with Crippen molar-refractivity contribution in [3.8, 4) is 0 Å². The third-order valence-corrected chi connectivity index (χ3v) is 8.38. The zero-order chi connectivity index (χ0) is 21.8. The molecule has 1 aliphatic carbocycles. The summed E-state index contributed by atoms with van der Waals surface area (Å²) < 4.78 is 30.3. The second-order valence-electron chi connectivity index (χ2n) is 8.54. The molecule has 2 heterocycles. The first-order chi connectivity index (χ1) is 14.9. The second kappa shape index (κ2) is 9.71. The van der Waals surface area contributed by atoms with E-state index in [2.05, 4.69) is 9.71 Å². The van der Waals surface area contributed by atoms with Crippen molar-refractivity contribution in [1.29, 1.82) is 0 Å². The van der Waals surface area contributed by atoms with Crippen LogP contribution in [0, 0.1) is 11.8 Å². The molecule has 31 heavy (non-hydrogen) atoms. The van der Waals surface area contributed by atoms with Crippen LogP contribution in [-0.4, -0.2) is 47.9 Å². The fraction of sp³-hybridized carbons (Fsp3) is 0.545. The number of carbonyl (C=O) groups is 1. The van der Waals surface area contributed by atoms with Gasteiger partial charge in [0.2, 0.25) is 21.2 Å². The van der Waals surface area contributed by atoms with Crippen LogP contribution in [0.25, 0.3) is 0 Å². The molecule has 2 aliphatic rings. The predicted octanol–water partition coefficient (Wildman–Crippen LogP) is 3.31. The van der Waals surface area contributed by atoms with E-state index in [-0.39, 0.29) is 10.8 Å². The lowest BCUT2D eigenvalue weighted by Gasteiger charge is -2.42. The molecule has 1 aromatic heterocycles. The molecule has 2 fully saturated rings. The molecule has 1 aliphatic heterocycles. The highest BCUT2D eigenvalue weighted by atomic mass is 35.5. The van der Waals surface area contributed by atoms with Crippen molar-refractivity contribution in [1.82, 2.24) is 19.2 Å². The Morgan fingerprint density at radius 2 is 1.90 bits per heavy atom. The largest absolute Gasteiger partial charge is 0.341 e. The third-order valence-electron chi connectivity index (χ3n) is 6.58. The number of amides is 1. The van der Waals surface area contributed by atoms with E-state index in [0.717, 1.165) is 19.4 Å². The van der Waals surface area contributed by atoms with Gasteiger partial charge in [0.25, 0.3) is 0 Å². The maximum atomic E-state index is 13.5. The lowest BCUT2D eigenvalue weighted by atomic mass is 9.75. The van der Waals surface area contributed by atoms with Crippen molar-refractivity contribution in [2.24, 2.45) is 11.8 Å². The first-order valence-electron chi connectivity index (χ1n) is 11.0. The van der Waals surface area contributed by atoms with E-state index < -0.39 is 16.1 Å². The highest BCUT2D eigenvalue weighted by molar-refractivity contribution is 7.89. The maximum Gasteiger partial charge on any atom is 0.241 e. The average molecular weight is 465 g/mol. The molecular weight excluding hydrogens is 436 g/mol. The van der Waals surface area contributed by atoms with E-state index in [4.69, 9.17) is 11.6 Å². The number of hydrogen-bond acceptors (Lipinski definition) is 4. The quantitative estimate of drug-likeness (QED) is 0.681. The number of nitrogens with zero attached hydrogens (tertiary/aromatic N) is 3. The number of aromatic nitrogens is 2. The molecule has 4 rings (SSSR count). The number of piperidine rings is 1. The molecule has 0 spiro atoms. The van der Waals surface area contributed by atoms with E-state index in [1.807, 2.05) is 4.90 Å². The van der Waals surface area contributed by atoms with Gasteiger partial charge in [0.1, 0.15) is 6.04 Å². The number of imidazole rings is 1. The minimum Gasteiger partial charge on any atom is -0.341 e. The molecule has 1 N–H and O–H groups in total. The number of aryl methyl sites for hydroxylation is 1. The molecule has 1 saturated heterocycles. The Kier molecular flexibility index (Phi) is 6.99. The fourth-order valence-corrected chi connectivity index (χ4v) is 6.30. The average Bonchev–Trinajstić information content (AvgIpc) is 3.21. The molecule has 1 aromatic carbocycles. The Hall–Kier alpha value is -1.90. The predicted molar refractivity (Wildman–Crippen MR) is 119 cm³/mol. The standard InChI is InChI=1S/C22H29ClN4O3S/c23-22-24-12-15-26(22)14-11-20(25-31(29,30)19-8-2-1-3-9-19)21(28)27-13-10-17-6-4-5-7-18(17)16-27/h1-3,8-9,12,15,17-18,20,25H,4-7,10-11,13-14,16H2/t17-,18+,20?/m0/s1. The number of fused-ring (bicyclic) bond motifs is 1. The van der Waals surface area contributed by atoms with Gasteiger partial charge in [-0.3, -0.25) is 4.79 Å². The van der Waals surface area contributed by atoms with Crippen LogP contribution in [-0.2, 0) is 21.4 Å². The van der Waals surface area contributed by atoms with E-state index >= 15 is 0 Å². The van der Waals surface area contributed by atoms with Gasteiger partial charge in [0.15, 0.2) is 0 Å². The molecule has 2 aromatic rings. The first-order valence-corrected chi connectivity index (χ1v) is 12.8. The molecule has 0 radical (unpaired) electrons. The minimum atomic E-state index is -3.82. The monoisotopic (exact) mass is 464 g/mol. The molecule has 0 bridgehead atoms. The van der Waals surface area contributed by atoms with Gasteiger partial charge >= 0.3 is 0 Å². The Morgan fingerprint density at radius 1 is 1.16 bits per heavy atom. The topological polar surface area (TPSA) is 84.3 Å². The van der Waals surface area contributed by atoms with Gasteiger partial charge in [-0.2, -0.15) is 4.72 Å². The van der Waals surface area contributed by atoms with Crippen molar-refractivity contribution in [3.63, 3.8) is 0 Å². The normalized spacial score (nSPS) is 22.7. The Balaban J connectivity index is 1.51. The lowest BCUT2D eigenvalue weighted by molar-refractivity contribution is -0.136. The summed E-state index contributed by atoms with van der Waals surface area (Å²) in [5.74, 6) is 1.07. The number of likely N-dealkylation sites (tertiary alicyclic amines) is 1. The van der Waals surface area contributed by atoms with Gasteiger partial charge in [-0.25, -0.2) is 13.4 Å². The number of carbonyl (C=O) groups excluding carboxylic acids is 1. The summed E-state index contributed by atoms with van der Waals surface area (Å²) in [6.45, 7) is 1.81. The number of benzene rings is 1. The van der Waals surface area contributed by atoms with Gasteiger partial charge in [-0.1, -0.05) is 37.5 Å². The van der Waals surface area contributed by atoms with E-state index in [0.29, 0.717) is 36.6 Å². The summed E-state index contributed by atoms with van der Waals surface area (Å²) >= 11 is 6.07. The van der Waals surface area contributed by atoms with Crippen LogP contribution in [0.4, 0.5) is 0 Å². The highest BCUT2D eigenvalue weighted by Crippen LogP contribution is 2.36. The third kappa shape index (κ3) is 5.30. The van der Waals surface area contributed by atoms with Crippen LogP contribution in [0.3, 0.4) is 0 Å². The molecule has 1 saturated carbocycles. The highest BCUT2D eigenvalue weighted by Gasteiger charge is 2.36. The molecule has 1 unspecified atom stereocenters. The van der Waals surface area contributed by atoms with Crippen LogP contribution < -0.4 is 4.72 Å². The second-order valence-corrected chi connectivity index (χ2v) is 10.6. The number of rotatable bonds is 7. The Bertz CT molecular complexity index is 995. The summed E-state index contributed by atoms with van der Waals surface area (Å²) in [5.41, 5.74) is 0. The summed E-state index contributed by atoms with van der Waals surface area (Å²) in [4.78, 5) is 19.5. The summed E-state index contributed by atoms with van der Waals surface area (Å²) in [6.07, 6.45) is 9.50. The van der Waals surface area contributed by atoms with E-state index in [1.165, 1.54) is 31.4 Å². The summed E-state index contributed by atoms with van der Waals surface area (Å²) in [6, 6.07) is 7.31. The molecule has 168 valence electrons. The number of halogens is 1. The zero-order valence-electron chi connectivity index (χ0n) is 17.5. The van der Waals surface area contributed by atoms with Crippen molar-refractivity contribution in [2.45, 2.75) is 56.0 Å². The number of hydrogen-bond donors (Lipinski definition) is 1. The molecule has 3 atom stereocenters. The van der Waals surface area contributed by atoms with Crippen LogP contribution in [0.2, 0.25) is 5.28 Å². The van der Waals surface area contributed by atoms with Crippen LogP contribution in [0.15, 0.2) is 47.6 Å². The smallest absolute Gasteiger partial charge is 0.241 e. The van der Waals surface area contributed by atoms with Gasteiger partial charge in [0.05, 0.1) is 4.90 Å². The fourth-order valence-electron chi connectivity index (χ4n) is 4.86. The van der Waals surface area contributed by atoms with Crippen molar-refractivity contribution >= 4 is 27.5 Å². The van der Waals surface area contributed by atoms with E-state index in [1.54, 1.807) is 35.2 Å². The number of sulfonamides is 1. The zero-order valence-corrected chi connectivity index (χ0v) is 19.1. The maximum absolute atomic E-state index is 13.5. The Morgan fingerprint density at radius 3 is 2.61 bits per heavy atom.